The Hall–Kier alpha value is -3.52. The average molecular weight is 334 g/mol. The number of aromatic amines is 1. The van der Waals surface area contributed by atoms with Crippen molar-refractivity contribution in [3.8, 4) is 11.3 Å². The van der Waals surface area contributed by atoms with Crippen molar-refractivity contribution >= 4 is 17.3 Å². The van der Waals surface area contributed by atoms with Crippen LogP contribution in [0.4, 0.5) is 11.6 Å². The topological polar surface area (TPSA) is 108 Å². The molecule has 0 unspecified atom stereocenters. The van der Waals surface area contributed by atoms with E-state index in [2.05, 4.69) is 25.4 Å². The fraction of sp³-hybridized carbons (Fsp3) is 0.0588. The van der Waals surface area contributed by atoms with E-state index < -0.39 is 0 Å². The molecule has 1 aromatic carbocycles. The van der Waals surface area contributed by atoms with Crippen LogP contribution in [0.5, 0.6) is 0 Å². The van der Waals surface area contributed by atoms with Gasteiger partial charge in [-0.1, -0.05) is 12.1 Å². The number of nitrogens with zero attached hydrogens (tertiary/aromatic N) is 4. The van der Waals surface area contributed by atoms with Crippen LogP contribution >= 0.6 is 0 Å². The van der Waals surface area contributed by atoms with Crippen molar-refractivity contribution in [3.05, 3.63) is 70.9 Å². The highest BCUT2D eigenvalue weighted by molar-refractivity contribution is 5.73. The summed E-state index contributed by atoms with van der Waals surface area (Å²) in [6, 6.07) is 10.5. The molecule has 8 heteroatoms. The van der Waals surface area contributed by atoms with E-state index in [4.69, 9.17) is 5.11 Å². The number of H-pyrrole nitrogens is 1. The molecule has 25 heavy (non-hydrogen) atoms. The lowest BCUT2D eigenvalue weighted by atomic mass is 10.2. The van der Waals surface area contributed by atoms with Crippen molar-refractivity contribution < 1.29 is 5.11 Å². The van der Waals surface area contributed by atoms with Crippen LogP contribution in [0.25, 0.3) is 16.9 Å². The van der Waals surface area contributed by atoms with Gasteiger partial charge in [0.1, 0.15) is 5.69 Å². The fourth-order valence-corrected chi connectivity index (χ4v) is 2.45. The Morgan fingerprint density at radius 2 is 2.00 bits per heavy atom. The maximum Gasteiger partial charge on any atom is 0.247 e. The van der Waals surface area contributed by atoms with E-state index in [-0.39, 0.29) is 12.2 Å². The molecule has 4 rings (SSSR count). The Bertz CT molecular complexity index is 1060. The van der Waals surface area contributed by atoms with Gasteiger partial charge in [0.15, 0.2) is 5.65 Å². The summed E-state index contributed by atoms with van der Waals surface area (Å²) < 4.78 is 1.62. The van der Waals surface area contributed by atoms with E-state index in [0.29, 0.717) is 17.3 Å². The van der Waals surface area contributed by atoms with Crippen LogP contribution in [-0.2, 0) is 6.61 Å². The standard InChI is InChI=1S/C17H14N6O2/c24-10-11-1-4-13(5-2-11)20-17-21-16-15(18-7-8-23(16)22-17)12-3-6-14(25)19-9-12/h1-9,24H,10H2,(H,19,25)(H,20,22). The Kier molecular flexibility index (Phi) is 3.71. The Labute approximate surface area is 141 Å². The van der Waals surface area contributed by atoms with Gasteiger partial charge in [-0.05, 0) is 23.8 Å². The maximum absolute atomic E-state index is 11.2. The highest BCUT2D eigenvalue weighted by atomic mass is 16.3. The van der Waals surface area contributed by atoms with Gasteiger partial charge in [-0.15, -0.1) is 5.10 Å². The fourth-order valence-electron chi connectivity index (χ4n) is 2.45. The maximum atomic E-state index is 11.2. The molecule has 0 radical (unpaired) electrons. The second-order valence-electron chi connectivity index (χ2n) is 5.40. The number of anilines is 2. The zero-order valence-electron chi connectivity index (χ0n) is 13.0. The van der Waals surface area contributed by atoms with Crippen molar-refractivity contribution in [2.45, 2.75) is 6.61 Å². The molecule has 3 aromatic heterocycles. The number of pyridine rings is 1. The van der Waals surface area contributed by atoms with Crippen LogP contribution < -0.4 is 10.9 Å². The van der Waals surface area contributed by atoms with Gasteiger partial charge in [0.05, 0.1) is 6.61 Å². The molecule has 0 saturated heterocycles. The molecular weight excluding hydrogens is 320 g/mol. The van der Waals surface area contributed by atoms with Crippen molar-refractivity contribution in [3.63, 3.8) is 0 Å². The third kappa shape index (κ3) is 2.98. The molecular formula is C17H14N6O2. The predicted molar refractivity (Wildman–Crippen MR) is 92.5 cm³/mol. The summed E-state index contributed by atoms with van der Waals surface area (Å²) in [5.74, 6) is 0.426. The number of benzene rings is 1. The first-order valence-electron chi connectivity index (χ1n) is 7.60. The second kappa shape index (κ2) is 6.17. The Morgan fingerprint density at radius 3 is 2.72 bits per heavy atom. The average Bonchev–Trinajstić information content (AvgIpc) is 3.05. The summed E-state index contributed by atoms with van der Waals surface area (Å²) in [6.07, 6.45) is 4.93. The smallest absolute Gasteiger partial charge is 0.247 e. The summed E-state index contributed by atoms with van der Waals surface area (Å²) in [5, 5.41) is 16.6. The lowest BCUT2D eigenvalue weighted by molar-refractivity contribution is 0.282. The lowest BCUT2D eigenvalue weighted by Crippen LogP contribution is -2.02. The molecule has 0 saturated carbocycles. The molecule has 124 valence electrons. The van der Waals surface area contributed by atoms with E-state index in [1.54, 1.807) is 29.2 Å². The van der Waals surface area contributed by atoms with Gasteiger partial charge < -0.3 is 15.4 Å². The number of aliphatic hydroxyl groups excluding tert-OH is 1. The normalized spacial score (nSPS) is 10.9. The Morgan fingerprint density at radius 1 is 1.16 bits per heavy atom. The SMILES string of the molecule is O=c1ccc(-c2nccn3nc(Nc4ccc(CO)cc4)nc23)c[nH]1. The molecule has 0 fully saturated rings. The summed E-state index contributed by atoms with van der Waals surface area (Å²) in [5.41, 5.74) is 3.41. The van der Waals surface area contributed by atoms with Crippen LogP contribution in [0.3, 0.4) is 0 Å². The molecule has 0 aliphatic carbocycles. The van der Waals surface area contributed by atoms with Crippen LogP contribution in [0.1, 0.15) is 5.56 Å². The van der Waals surface area contributed by atoms with E-state index >= 15 is 0 Å². The van der Waals surface area contributed by atoms with Crippen molar-refractivity contribution in [2.75, 3.05) is 5.32 Å². The first-order chi connectivity index (χ1) is 12.2. The molecule has 0 aliphatic heterocycles. The molecule has 4 aromatic rings. The summed E-state index contributed by atoms with van der Waals surface area (Å²) in [4.78, 5) is 22.7. The zero-order valence-corrected chi connectivity index (χ0v) is 13.0. The first kappa shape index (κ1) is 15.0. The quantitative estimate of drug-likeness (QED) is 0.524. The zero-order chi connectivity index (χ0) is 17.2. The van der Waals surface area contributed by atoms with Crippen LogP contribution in [0, 0.1) is 0 Å². The van der Waals surface area contributed by atoms with E-state index in [0.717, 1.165) is 16.8 Å². The third-order valence-electron chi connectivity index (χ3n) is 3.70. The van der Waals surface area contributed by atoms with Crippen LogP contribution in [0.15, 0.2) is 59.8 Å². The van der Waals surface area contributed by atoms with Gasteiger partial charge >= 0.3 is 0 Å². The minimum Gasteiger partial charge on any atom is -0.392 e. The van der Waals surface area contributed by atoms with Crippen molar-refractivity contribution in [1.29, 1.82) is 0 Å². The molecule has 3 N–H and O–H groups in total. The van der Waals surface area contributed by atoms with Gasteiger partial charge in [0.2, 0.25) is 11.5 Å². The van der Waals surface area contributed by atoms with Crippen molar-refractivity contribution in [2.24, 2.45) is 0 Å². The second-order valence-corrected chi connectivity index (χ2v) is 5.40. The van der Waals surface area contributed by atoms with Gasteiger partial charge in [-0.3, -0.25) is 9.78 Å². The molecule has 0 bridgehead atoms. The van der Waals surface area contributed by atoms with E-state index in [9.17, 15) is 4.79 Å². The summed E-state index contributed by atoms with van der Waals surface area (Å²) in [6.45, 7) is 0.00108. The number of rotatable bonds is 4. The number of nitrogens with one attached hydrogen (secondary N) is 2. The van der Waals surface area contributed by atoms with Gasteiger partial charge in [0, 0.05) is 35.9 Å². The first-order valence-corrected chi connectivity index (χ1v) is 7.60. The number of hydrogen-bond donors (Lipinski definition) is 3. The summed E-state index contributed by atoms with van der Waals surface area (Å²) in [7, 11) is 0. The van der Waals surface area contributed by atoms with Gasteiger partial charge in [-0.2, -0.15) is 4.98 Å². The van der Waals surface area contributed by atoms with E-state index in [1.165, 1.54) is 6.07 Å². The summed E-state index contributed by atoms with van der Waals surface area (Å²) >= 11 is 0. The van der Waals surface area contributed by atoms with Crippen LogP contribution in [0.2, 0.25) is 0 Å². The van der Waals surface area contributed by atoms with Gasteiger partial charge in [-0.25, -0.2) is 4.52 Å². The highest BCUT2D eigenvalue weighted by Crippen LogP contribution is 2.21. The number of fused-ring (bicyclic) bond motifs is 1. The third-order valence-corrected chi connectivity index (χ3v) is 3.70. The lowest BCUT2D eigenvalue weighted by Gasteiger charge is -2.02. The molecule has 0 amide bonds. The number of aliphatic hydroxyl groups is 1. The molecule has 3 heterocycles. The highest BCUT2D eigenvalue weighted by Gasteiger charge is 2.11. The number of aromatic nitrogens is 5. The molecule has 0 spiro atoms. The molecule has 0 aliphatic rings. The molecule has 0 atom stereocenters. The van der Waals surface area contributed by atoms with Crippen LogP contribution in [-0.4, -0.2) is 29.7 Å². The van der Waals surface area contributed by atoms with Crippen molar-refractivity contribution in [1.82, 2.24) is 24.6 Å². The predicted octanol–water partition coefficient (Wildman–Crippen LogP) is 1.72. The number of hydrogen-bond acceptors (Lipinski definition) is 6. The van der Waals surface area contributed by atoms with Gasteiger partial charge in [0.25, 0.3) is 0 Å². The minimum absolute atomic E-state index is 0.00108. The Balaban J connectivity index is 1.71. The van der Waals surface area contributed by atoms with E-state index in [1.807, 2.05) is 24.3 Å². The monoisotopic (exact) mass is 334 g/mol. The minimum atomic E-state index is -0.175. The molecule has 8 nitrogen and oxygen atoms in total. The largest absolute Gasteiger partial charge is 0.392 e.